The third kappa shape index (κ3) is 2.45. The van der Waals surface area contributed by atoms with E-state index in [1.165, 1.54) is 5.56 Å². The van der Waals surface area contributed by atoms with Gasteiger partial charge in [0.15, 0.2) is 6.20 Å². The Bertz CT molecular complexity index is 1140. The molecule has 0 saturated carbocycles. The molecule has 2 aromatic carbocycles. The van der Waals surface area contributed by atoms with Crippen LogP contribution in [0.3, 0.4) is 0 Å². The molecule has 0 radical (unpaired) electrons. The van der Waals surface area contributed by atoms with Gasteiger partial charge in [0, 0.05) is 10.8 Å². The molecule has 0 aliphatic carbocycles. The second-order valence-electron chi connectivity index (χ2n) is 7.60. The van der Waals surface area contributed by atoms with Gasteiger partial charge in [-0.05, 0) is 29.2 Å². The maximum atomic E-state index is 13.0. The first-order valence-corrected chi connectivity index (χ1v) is 8.49. The molecule has 2 heterocycles. The van der Waals surface area contributed by atoms with Crippen LogP contribution in [0.4, 0.5) is 0 Å². The van der Waals surface area contributed by atoms with Crippen LogP contribution in [0, 0.1) is 0 Å². The molecule has 126 valence electrons. The van der Waals surface area contributed by atoms with Gasteiger partial charge >= 0.3 is 5.56 Å². The molecule has 1 N–H and O–H groups in total. The fraction of sp³-hybridized carbons (Fsp3) is 0.238. The standard InChI is InChI=1S/C21H21N3O/c1-21(2,3)15-9-11-16(12-10-15)24-20(25)19-18(22-24)17-8-6-5-7-14(17)13-23(19)4/h5-13H,1-4H3/p+1. The lowest BCUT2D eigenvalue weighted by Gasteiger charge is -2.19. The summed E-state index contributed by atoms with van der Waals surface area (Å²) in [7, 11) is 1.91. The van der Waals surface area contributed by atoms with Crippen LogP contribution in [-0.2, 0) is 12.5 Å². The molecular formula is C21H22N3O+. The van der Waals surface area contributed by atoms with Crippen LogP contribution in [0.2, 0.25) is 0 Å². The monoisotopic (exact) mass is 332 g/mol. The fourth-order valence-electron chi connectivity index (χ4n) is 3.35. The average Bonchev–Trinajstić information content (AvgIpc) is 2.93. The largest absolute Gasteiger partial charge is 0.344 e. The summed E-state index contributed by atoms with van der Waals surface area (Å²) in [6, 6.07) is 16.3. The van der Waals surface area contributed by atoms with E-state index in [0.29, 0.717) is 5.52 Å². The van der Waals surface area contributed by atoms with Crippen molar-refractivity contribution in [1.82, 2.24) is 9.78 Å². The molecule has 0 aliphatic heterocycles. The summed E-state index contributed by atoms with van der Waals surface area (Å²) in [5.41, 5.74) is 3.69. The number of hydrogen-bond acceptors (Lipinski definition) is 1. The zero-order chi connectivity index (χ0) is 17.8. The van der Waals surface area contributed by atoms with Gasteiger partial charge in [-0.25, -0.2) is 4.68 Å². The second kappa shape index (κ2) is 5.31. The van der Waals surface area contributed by atoms with Crippen LogP contribution in [-0.4, -0.2) is 9.78 Å². The summed E-state index contributed by atoms with van der Waals surface area (Å²) in [6.07, 6.45) is 2.00. The predicted octanol–water partition coefficient (Wildman–Crippen LogP) is 3.59. The summed E-state index contributed by atoms with van der Waals surface area (Å²) in [5, 5.41) is 5.46. The molecular weight excluding hydrogens is 310 g/mol. The number of rotatable bonds is 1. The number of aromatic amines is 1. The minimum Gasteiger partial charge on any atom is -0.284 e. The Morgan fingerprint density at radius 1 is 1.00 bits per heavy atom. The maximum absolute atomic E-state index is 13.0. The van der Waals surface area contributed by atoms with Crippen molar-refractivity contribution < 1.29 is 4.57 Å². The van der Waals surface area contributed by atoms with Crippen molar-refractivity contribution in [3.63, 3.8) is 0 Å². The topological polar surface area (TPSA) is 41.7 Å². The number of aryl methyl sites for hydroxylation is 1. The number of fused-ring (bicyclic) bond motifs is 3. The van der Waals surface area contributed by atoms with E-state index in [9.17, 15) is 4.79 Å². The first-order valence-electron chi connectivity index (χ1n) is 8.49. The van der Waals surface area contributed by atoms with Gasteiger partial charge in [0.1, 0.15) is 12.6 Å². The minimum absolute atomic E-state index is 0.0354. The Labute approximate surface area is 146 Å². The van der Waals surface area contributed by atoms with Crippen molar-refractivity contribution in [1.29, 1.82) is 0 Å². The summed E-state index contributed by atoms with van der Waals surface area (Å²) in [6.45, 7) is 6.55. The van der Waals surface area contributed by atoms with Crippen LogP contribution in [0.1, 0.15) is 26.3 Å². The first-order chi connectivity index (χ1) is 11.9. The molecule has 0 saturated heterocycles. The lowest BCUT2D eigenvalue weighted by Crippen LogP contribution is -2.33. The first kappa shape index (κ1) is 15.6. The number of benzene rings is 2. The van der Waals surface area contributed by atoms with Crippen molar-refractivity contribution in [2.24, 2.45) is 7.05 Å². The summed E-state index contributed by atoms with van der Waals surface area (Å²) >= 11 is 0. The van der Waals surface area contributed by atoms with E-state index in [0.717, 1.165) is 22.0 Å². The van der Waals surface area contributed by atoms with E-state index < -0.39 is 0 Å². The Balaban J connectivity index is 1.97. The minimum atomic E-state index is -0.0354. The molecule has 0 fully saturated rings. The van der Waals surface area contributed by atoms with Crippen LogP contribution in [0.15, 0.2) is 59.5 Å². The Kier molecular flexibility index (Phi) is 3.32. The van der Waals surface area contributed by atoms with Crippen LogP contribution in [0.25, 0.3) is 27.5 Å². The molecule has 4 nitrogen and oxygen atoms in total. The highest BCUT2D eigenvalue weighted by atomic mass is 16.1. The van der Waals surface area contributed by atoms with E-state index in [1.807, 2.05) is 48.1 Å². The van der Waals surface area contributed by atoms with Gasteiger partial charge < -0.3 is 0 Å². The van der Waals surface area contributed by atoms with Gasteiger partial charge in [-0.3, -0.25) is 9.89 Å². The van der Waals surface area contributed by atoms with E-state index in [-0.39, 0.29) is 11.0 Å². The third-order valence-corrected chi connectivity index (χ3v) is 4.77. The van der Waals surface area contributed by atoms with Gasteiger partial charge in [0.25, 0.3) is 5.52 Å². The lowest BCUT2D eigenvalue weighted by atomic mass is 9.87. The van der Waals surface area contributed by atoms with Gasteiger partial charge in [0.2, 0.25) is 0 Å². The Morgan fingerprint density at radius 3 is 2.36 bits per heavy atom. The number of H-pyrrole nitrogens is 1. The SMILES string of the molecule is C[n+]1cc2ccccc2c2[nH]n(-c3ccc(C(C)(C)C)cc3)c(=O)c21. The lowest BCUT2D eigenvalue weighted by molar-refractivity contribution is -0.644. The van der Waals surface area contributed by atoms with E-state index in [1.54, 1.807) is 4.68 Å². The van der Waals surface area contributed by atoms with Crippen molar-refractivity contribution in [3.8, 4) is 5.69 Å². The van der Waals surface area contributed by atoms with Gasteiger partial charge in [-0.2, -0.15) is 4.57 Å². The zero-order valence-electron chi connectivity index (χ0n) is 15.0. The molecule has 0 spiro atoms. The highest BCUT2D eigenvalue weighted by Crippen LogP contribution is 2.24. The summed E-state index contributed by atoms with van der Waals surface area (Å²) < 4.78 is 3.53. The van der Waals surface area contributed by atoms with E-state index in [4.69, 9.17) is 0 Å². The molecule has 0 amide bonds. The molecule has 0 bridgehead atoms. The molecule has 0 atom stereocenters. The van der Waals surface area contributed by atoms with Gasteiger partial charge in [-0.15, -0.1) is 0 Å². The van der Waals surface area contributed by atoms with Crippen molar-refractivity contribution >= 4 is 21.8 Å². The summed E-state index contributed by atoms with van der Waals surface area (Å²) in [4.78, 5) is 13.0. The van der Waals surface area contributed by atoms with Crippen molar-refractivity contribution in [2.75, 3.05) is 0 Å². The average molecular weight is 332 g/mol. The molecule has 4 rings (SSSR count). The normalized spacial score (nSPS) is 12.2. The second-order valence-corrected chi connectivity index (χ2v) is 7.60. The highest BCUT2D eigenvalue weighted by Gasteiger charge is 2.20. The Hall–Kier alpha value is -2.88. The van der Waals surface area contributed by atoms with Gasteiger partial charge in [0.05, 0.1) is 5.69 Å². The molecule has 25 heavy (non-hydrogen) atoms. The number of aromatic nitrogens is 3. The molecule has 4 heteroatoms. The Morgan fingerprint density at radius 2 is 1.68 bits per heavy atom. The maximum Gasteiger partial charge on any atom is 0.344 e. The molecule has 0 aliphatic rings. The fourth-order valence-corrected chi connectivity index (χ4v) is 3.35. The predicted molar refractivity (Wildman–Crippen MR) is 101 cm³/mol. The zero-order valence-corrected chi connectivity index (χ0v) is 15.0. The summed E-state index contributed by atoms with van der Waals surface area (Å²) in [5.74, 6) is 0. The molecule has 4 aromatic rings. The number of pyridine rings is 1. The number of nitrogens with zero attached hydrogens (tertiary/aromatic N) is 2. The smallest absolute Gasteiger partial charge is 0.284 e. The van der Waals surface area contributed by atoms with E-state index in [2.05, 4.69) is 44.1 Å². The number of nitrogens with one attached hydrogen (secondary N) is 1. The van der Waals surface area contributed by atoms with Gasteiger partial charge in [-0.1, -0.05) is 51.1 Å². The quantitative estimate of drug-likeness (QED) is 0.532. The van der Waals surface area contributed by atoms with Crippen LogP contribution in [0.5, 0.6) is 0 Å². The van der Waals surface area contributed by atoms with E-state index >= 15 is 0 Å². The van der Waals surface area contributed by atoms with Crippen molar-refractivity contribution in [2.45, 2.75) is 26.2 Å². The third-order valence-electron chi connectivity index (χ3n) is 4.77. The molecule has 2 aromatic heterocycles. The highest BCUT2D eigenvalue weighted by molar-refractivity contribution is 6.01. The van der Waals surface area contributed by atoms with Crippen molar-refractivity contribution in [3.05, 3.63) is 70.6 Å². The molecule has 0 unspecified atom stereocenters. The number of hydrogen-bond donors (Lipinski definition) is 1. The van der Waals surface area contributed by atoms with Crippen LogP contribution < -0.4 is 10.1 Å². The van der Waals surface area contributed by atoms with Crippen LogP contribution >= 0.6 is 0 Å².